The molecule has 0 N–H and O–H groups in total. The minimum absolute atomic E-state index is 0.585. The molecule has 0 aromatic heterocycles. The van der Waals surface area contributed by atoms with Gasteiger partial charge in [0, 0.05) is 61.8 Å². The normalized spacial score (nSPS) is 15.7. The van der Waals surface area contributed by atoms with E-state index in [1.165, 1.54) is 0 Å². The van der Waals surface area contributed by atoms with Crippen LogP contribution in [0.3, 0.4) is 0 Å². The van der Waals surface area contributed by atoms with Gasteiger partial charge in [-0.3, -0.25) is 0 Å². The second-order valence-corrected chi connectivity index (χ2v) is 34.8. The van der Waals surface area contributed by atoms with Crippen molar-refractivity contribution in [2.24, 2.45) is 0 Å². The Morgan fingerprint density at radius 3 is 1.12 bits per heavy atom. The second-order valence-electron chi connectivity index (χ2n) is 7.04. The first-order chi connectivity index (χ1) is 15.8. The molecule has 0 atom stereocenters. The number of diazo groups is 2. The van der Waals surface area contributed by atoms with Crippen LogP contribution < -0.4 is 9.80 Å². The molecule has 0 aliphatic carbocycles. The van der Waals surface area contributed by atoms with Crippen LogP contribution in [0.5, 0.6) is 0 Å². The maximum atomic E-state index is 8.53. The fourth-order valence-corrected chi connectivity index (χ4v) is 3.10. The van der Waals surface area contributed by atoms with E-state index >= 15 is 0 Å². The number of hydrogen-bond acceptors (Lipinski definition) is 6. The number of hydrogen-bond donors (Lipinski definition) is 0. The van der Waals surface area contributed by atoms with Gasteiger partial charge in [0.25, 0.3) is 0 Å². The standard InChI is InChI=1S/2C10H12N3O.4ClH.Zn/c2*11-12-9-1-3-10(4-2-9)13-5-7-14-8-6-13;;;;;/h2*1-4H,5-8H2;4*1H;/q2*+1;;;;;+2/p-4. The van der Waals surface area contributed by atoms with Gasteiger partial charge in [-0.25, -0.2) is 0 Å². The topological polar surface area (TPSA) is 81.2 Å². The van der Waals surface area contributed by atoms with Crippen molar-refractivity contribution in [3.05, 3.63) is 58.5 Å². The van der Waals surface area contributed by atoms with Crippen LogP contribution in [0, 0.1) is 10.8 Å². The van der Waals surface area contributed by atoms with E-state index in [-0.39, 0.29) is 0 Å². The number of ether oxygens (including phenoxy) is 2. The van der Waals surface area contributed by atoms with E-state index in [1.54, 1.807) is 24.3 Å². The van der Waals surface area contributed by atoms with Crippen molar-refractivity contribution in [1.29, 1.82) is 10.8 Å². The molecule has 2 heterocycles. The Hall–Kier alpha value is -1.42. The maximum absolute atomic E-state index is 8.53. The van der Waals surface area contributed by atoms with Crippen LogP contribution in [0.2, 0.25) is 0 Å². The predicted octanol–water partition coefficient (Wildman–Crippen LogP) is 6.77. The fraction of sp³-hybridized carbons (Fsp3) is 0.400. The zero-order valence-electron chi connectivity index (χ0n) is 18.0. The van der Waals surface area contributed by atoms with Gasteiger partial charge in [0.05, 0.1) is 26.4 Å². The third-order valence-corrected chi connectivity index (χ3v) is 4.68. The molecule has 8 nitrogen and oxygen atoms in total. The summed E-state index contributed by atoms with van der Waals surface area (Å²) in [7, 11) is 16.8. The molecule has 0 unspecified atom stereocenters. The summed E-state index contributed by atoms with van der Waals surface area (Å²) in [6.45, 7) is 6.84. The summed E-state index contributed by atoms with van der Waals surface area (Å²) >= 11 is 0. The Kier molecular flexibility index (Phi) is 12.4. The summed E-state index contributed by atoms with van der Waals surface area (Å²) in [5, 5.41) is 17.1. The first kappa shape index (κ1) is 27.8. The molecule has 0 amide bonds. The average Bonchev–Trinajstić information content (AvgIpc) is 2.85. The van der Waals surface area contributed by atoms with Crippen LogP contribution in [0.15, 0.2) is 48.5 Å². The van der Waals surface area contributed by atoms with Gasteiger partial charge in [-0.2, -0.15) is 0 Å². The van der Waals surface area contributed by atoms with E-state index in [9.17, 15) is 0 Å². The van der Waals surface area contributed by atoms with Crippen LogP contribution in [0.25, 0.3) is 9.95 Å². The molecule has 4 rings (SSSR count). The number of rotatable bonds is 2. The van der Waals surface area contributed by atoms with E-state index in [1.807, 2.05) is 24.3 Å². The molecule has 2 aliphatic rings. The summed E-state index contributed by atoms with van der Waals surface area (Å²) in [4.78, 5) is 10.7. The second kappa shape index (κ2) is 14.8. The third-order valence-electron chi connectivity index (χ3n) is 4.68. The molecule has 13 heteroatoms. The quantitative estimate of drug-likeness (QED) is 0.285. The van der Waals surface area contributed by atoms with Crippen LogP contribution in [-0.4, -0.2) is 52.6 Å². The molecule has 176 valence electrons. The molecular weight excluding hydrogens is 563 g/mol. The van der Waals surface area contributed by atoms with Crippen LogP contribution in [-0.2, 0) is 20.3 Å². The molecule has 2 aromatic rings. The first-order valence-electron chi connectivity index (χ1n) is 10.4. The van der Waals surface area contributed by atoms with Crippen molar-refractivity contribution in [3.63, 3.8) is 0 Å². The van der Waals surface area contributed by atoms with Crippen molar-refractivity contribution < 1.29 is 20.3 Å². The average molecular weight is 588 g/mol. The van der Waals surface area contributed by atoms with Gasteiger partial charge >= 0.3 is 61.0 Å². The number of anilines is 2. The summed E-state index contributed by atoms with van der Waals surface area (Å²) in [6, 6.07) is 15.0. The zero-order chi connectivity index (χ0) is 24.1. The summed E-state index contributed by atoms with van der Waals surface area (Å²) < 4.78 is 10.5. The van der Waals surface area contributed by atoms with E-state index in [0.717, 1.165) is 64.0 Å². The minimum atomic E-state index is -3.36. The first-order valence-corrected chi connectivity index (χ1v) is 26.0. The van der Waals surface area contributed by atoms with Crippen molar-refractivity contribution >= 4 is 61.5 Å². The van der Waals surface area contributed by atoms with E-state index in [0.29, 0.717) is 11.4 Å². The number of morpholine rings is 2. The van der Waals surface area contributed by atoms with Gasteiger partial charge in [0.15, 0.2) is 9.95 Å². The van der Waals surface area contributed by atoms with Gasteiger partial charge in [-0.1, -0.05) is 0 Å². The summed E-state index contributed by atoms with van der Waals surface area (Å²) in [5.74, 6) is 0. The number of nitrogens with zero attached hydrogens (tertiary/aromatic N) is 6. The summed E-state index contributed by atoms with van der Waals surface area (Å²) in [6.07, 6.45) is 0. The van der Waals surface area contributed by atoms with Gasteiger partial charge in [-0.15, -0.1) is 0 Å². The molecule has 0 spiro atoms. The van der Waals surface area contributed by atoms with E-state index < -0.39 is 10.8 Å². The Bertz CT molecular complexity index is 843. The SMILES string of the molecule is N#[N+]c1ccc(N2CCOCC2)cc1.N#[N+]c1ccc(N2CCOCC2)cc1.[Cl][Zn-2]([Cl])([Cl])[Cl]. The van der Waals surface area contributed by atoms with Gasteiger partial charge in [-0.05, 0) is 24.3 Å². The van der Waals surface area contributed by atoms with Crippen molar-refractivity contribution in [2.45, 2.75) is 0 Å². The molecule has 2 saturated heterocycles. The third kappa shape index (κ3) is 11.5. The molecule has 2 fully saturated rings. The number of halogens is 4. The van der Waals surface area contributed by atoms with E-state index in [2.05, 4.69) is 19.8 Å². The molecule has 0 saturated carbocycles. The molecular formula is C20H24Cl4N6O2Zn. The molecule has 2 aromatic carbocycles. The van der Waals surface area contributed by atoms with Crippen molar-refractivity contribution in [3.8, 4) is 0 Å². The van der Waals surface area contributed by atoms with E-state index in [4.69, 9.17) is 59.0 Å². The Morgan fingerprint density at radius 2 is 0.879 bits per heavy atom. The Labute approximate surface area is 212 Å². The zero-order valence-corrected chi connectivity index (χ0v) is 24.0. The van der Waals surface area contributed by atoms with Crippen molar-refractivity contribution in [2.75, 3.05) is 62.4 Å². The molecule has 2 aliphatic heterocycles. The fourth-order valence-electron chi connectivity index (χ4n) is 3.10. The molecule has 33 heavy (non-hydrogen) atoms. The molecule has 0 radical (unpaired) electrons. The van der Waals surface area contributed by atoms with Gasteiger partial charge < -0.3 is 19.3 Å². The summed E-state index contributed by atoms with van der Waals surface area (Å²) in [5.41, 5.74) is 3.48. The van der Waals surface area contributed by atoms with Gasteiger partial charge in [0.2, 0.25) is 10.8 Å². The monoisotopic (exact) mass is 584 g/mol. The van der Waals surface area contributed by atoms with Gasteiger partial charge in [0.1, 0.15) is 0 Å². The Morgan fingerprint density at radius 1 is 0.606 bits per heavy atom. The van der Waals surface area contributed by atoms with Crippen molar-refractivity contribution in [1.82, 2.24) is 0 Å². The number of benzene rings is 2. The van der Waals surface area contributed by atoms with Crippen LogP contribution in [0.1, 0.15) is 0 Å². The Balaban J connectivity index is 0.000000195. The van der Waals surface area contributed by atoms with Crippen LogP contribution in [0.4, 0.5) is 22.7 Å². The van der Waals surface area contributed by atoms with Crippen LogP contribution >= 0.6 is 38.8 Å². The molecule has 0 bridgehead atoms. The predicted molar refractivity (Wildman–Crippen MR) is 132 cm³/mol.